The molecule has 0 saturated heterocycles. The van der Waals surface area contributed by atoms with Crippen molar-refractivity contribution in [2.45, 2.75) is 25.1 Å². The fraction of sp³-hybridized carbons (Fsp3) is 0.174. The molecule has 11 heteroatoms. The third-order valence-electron chi connectivity index (χ3n) is 4.64. The van der Waals surface area contributed by atoms with Crippen LogP contribution in [0.3, 0.4) is 0 Å². The molecule has 0 aliphatic carbocycles. The van der Waals surface area contributed by atoms with Gasteiger partial charge in [-0.2, -0.15) is 18.4 Å². The maximum Gasteiger partial charge on any atom is 0.417 e. The number of nitrogens with zero attached hydrogens (tertiary/aromatic N) is 2. The van der Waals surface area contributed by atoms with Crippen molar-refractivity contribution in [2.75, 3.05) is 0 Å². The van der Waals surface area contributed by atoms with E-state index in [-0.39, 0.29) is 44.4 Å². The summed E-state index contributed by atoms with van der Waals surface area (Å²) >= 11 is 17.9. The molecule has 0 amide bonds. The van der Waals surface area contributed by atoms with E-state index in [0.29, 0.717) is 12.3 Å². The molecule has 1 heterocycles. The van der Waals surface area contributed by atoms with Gasteiger partial charge in [0.2, 0.25) is 5.88 Å². The van der Waals surface area contributed by atoms with Gasteiger partial charge >= 0.3 is 6.18 Å². The van der Waals surface area contributed by atoms with Gasteiger partial charge in [0.1, 0.15) is 22.6 Å². The number of halogens is 6. The molecule has 1 unspecified atom stereocenters. The average molecular weight is 530 g/mol. The molecule has 0 spiro atoms. The number of aromatic nitrogens is 1. The van der Waals surface area contributed by atoms with Crippen LogP contribution >= 0.6 is 34.8 Å². The summed E-state index contributed by atoms with van der Waals surface area (Å²) in [4.78, 5) is 16.4. The van der Waals surface area contributed by atoms with Crippen molar-refractivity contribution >= 4 is 40.6 Å². The maximum atomic E-state index is 12.8. The molecule has 0 aliphatic heterocycles. The number of alkyl halides is 3. The lowest BCUT2D eigenvalue weighted by atomic mass is 9.89. The number of hydrogen-bond donors (Lipinski definition) is 0. The summed E-state index contributed by atoms with van der Waals surface area (Å²) in [6, 6.07) is 12.6. The van der Waals surface area contributed by atoms with Crippen molar-refractivity contribution in [3.8, 4) is 23.4 Å². The van der Waals surface area contributed by atoms with Gasteiger partial charge in [0.15, 0.2) is 5.78 Å². The largest absolute Gasteiger partial charge is 0.461 e. The zero-order valence-corrected chi connectivity index (χ0v) is 19.6. The van der Waals surface area contributed by atoms with Gasteiger partial charge in [-0.05, 0) is 42.5 Å². The zero-order chi connectivity index (χ0) is 25.1. The SMILES string of the molecule is CCC(=O)C(C#N)(Oc1ccc(Oc2ncc(C(F)(F)F)cc2Cl)cc1)c1ccc(Cl)c(Cl)c1. The lowest BCUT2D eigenvalue weighted by molar-refractivity contribution is -0.137. The molecule has 0 radical (unpaired) electrons. The summed E-state index contributed by atoms with van der Waals surface area (Å²) in [5.74, 6) is -0.408. The first kappa shape index (κ1) is 25.6. The van der Waals surface area contributed by atoms with Gasteiger partial charge in [0.05, 0.1) is 15.6 Å². The Morgan fingerprint density at radius 3 is 2.12 bits per heavy atom. The Balaban J connectivity index is 1.87. The van der Waals surface area contributed by atoms with Crippen LogP contribution < -0.4 is 9.47 Å². The Kier molecular flexibility index (Phi) is 7.61. The molecule has 0 N–H and O–H groups in total. The first-order valence-corrected chi connectivity index (χ1v) is 10.7. The van der Waals surface area contributed by atoms with Crippen molar-refractivity contribution in [3.05, 3.63) is 80.9 Å². The predicted molar refractivity (Wildman–Crippen MR) is 120 cm³/mol. The van der Waals surface area contributed by atoms with Crippen LogP contribution in [-0.2, 0) is 16.6 Å². The van der Waals surface area contributed by atoms with E-state index >= 15 is 0 Å². The van der Waals surface area contributed by atoms with E-state index in [1.54, 1.807) is 6.92 Å². The summed E-state index contributed by atoms with van der Waals surface area (Å²) in [5, 5.41) is 9.98. The number of pyridine rings is 1. The van der Waals surface area contributed by atoms with Gasteiger partial charge < -0.3 is 9.47 Å². The quantitative estimate of drug-likeness (QED) is 0.315. The lowest BCUT2D eigenvalue weighted by Gasteiger charge is -2.27. The van der Waals surface area contributed by atoms with Crippen LogP contribution in [0.2, 0.25) is 15.1 Å². The second-order valence-corrected chi connectivity index (χ2v) is 8.10. The number of ketones is 1. The van der Waals surface area contributed by atoms with Crippen molar-refractivity contribution < 1.29 is 27.4 Å². The molecule has 2 aromatic carbocycles. The highest BCUT2D eigenvalue weighted by molar-refractivity contribution is 6.42. The van der Waals surface area contributed by atoms with Crippen molar-refractivity contribution in [1.82, 2.24) is 4.98 Å². The van der Waals surface area contributed by atoms with Crippen LogP contribution in [0.4, 0.5) is 13.2 Å². The van der Waals surface area contributed by atoms with Gasteiger partial charge in [-0.3, -0.25) is 4.79 Å². The molecule has 0 aliphatic rings. The summed E-state index contributed by atoms with van der Waals surface area (Å²) < 4.78 is 49.6. The van der Waals surface area contributed by atoms with Gasteiger partial charge in [0.25, 0.3) is 5.60 Å². The molecular weight excluding hydrogens is 516 g/mol. The summed E-state index contributed by atoms with van der Waals surface area (Å²) in [6.45, 7) is 1.59. The topological polar surface area (TPSA) is 72.2 Å². The number of nitriles is 1. The van der Waals surface area contributed by atoms with Crippen LogP contribution in [0.25, 0.3) is 0 Å². The summed E-state index contributed by atoms with van der Waals surface area (Å²) in [6.07, 6.45) is -3.98. The smallest absolute Gasteiger partial charge is 0.417 e. The van der Waals surface area contributed by atoms with Crippen LogP contribution in [0.1, 0.15) is 24.5 Å². The van der Waals surface area contributed by atoms with Crippen LogP contribution in [0.15, 0.2) is 54.7 Å². The number of Topliss-reactive ketones (excluding diaryl/α,β-unsaturated/α-hetero) is 1. The first-order valence-electron chi connectivity index (χ1n) is 9.60. The fourth-order valence-corrected chi connectivity index (χ4v) is 3.41. The number of benzene rings is 2. The highest BCUT2D eigenvalue weighted by atomic mass is 35.5. The Morgan fingerprint density at radius 1 is 0.971 bits per heavy atom. The molecule has 176 valence electrons. The lowest BCUT2D eigenvalue weighted by Crippen LogP contribution is -2.40. The monoisotopic (exact) mass is 528 g/mol. The van der Waals surface area contributed by atoms with E-state index in [4.69, 9.17) is 44.3 Å². The molecule has 0 fully saturated rings. The third-order valence-corrected chi connectivity index (χ3v) is 5.65. The van der Waals surface area contributed by atoms with Crippen molar-refractivity contribution in [2.24, 2.45) is 0 Å². The van der Waals surface area contributed by atoms with Crippen LogP contribution in [-0.4, -0.2) is 10.8 Å². The third kappa shape index (κ3) is 5.39. The highest BCUT2D eigenvalue weighted by Crippen LogP contribution is 2.37. The molecule has 3 aromatic rings. The Hall–Kier alpha value is -2.99. The number of hydrogen-bond acceptors (Lipinski definition) is 5. The molecule has 0 saturated carbocycles. The Labute approximate surface area is 207 Å². The van der Waals surface area contributed by atoms with Crippen LogP contribution in [0.5, 0.6) is 17.4 Å². The summed E-state index contributed by atoms with van der Waals surface area (Å²) in [5.41, 5.74) is -2.79. The van der Waals surface area contributed by atoms with Gasteiger partial charge in [-0.1, -0.05) is 47.8 Å². The summed E-state index contributed by atoms with van der Waals surface area (Å²) in [7, 11) is 0. The molecule has 1 atom stereocenters. The minimum atomic E-state index is -4.59. The number of ether oxygens (including phenoxy) is 2. The Morgan fingerprint density at radius 2 is 1.59 bits per heavy atom. The number of rotatable bonds is 7. The van der Waals surface area contributed by atoms with Crippen LogP contribution in [0, 0.1) is 11.3 Å². The predicted octanol–water partition coefficient (Wildman–Crippen LogP) is 7.63. The molecule has 0 bridgehead atoms. The normalized spacial score (nSPS) is 13.0. The minimum Gasteiger partial charge on any atom is -0.461 e. The second kappa shape index (κ2) is 10.1. The number of carbonyl (C=O) groups is 1. The molecule has 5 nitrogen and oxygen atoms in total. The zero-order valence-electron chi connectivity index (χ0n) is 17.3. The van der Waals surface area contributed by atoms with E-state index in [9.17, 15) is 23.2 Å². The molecule has 3 rings (SSSR count). The van der Waals surface area contributed by atoms with Gasteiger partial charge in [-0.25, -0.2) is 4.98 Å². The van der Waals surface area contributed by atoms with E-state index in [0.717, 1.165) is 0 Å². The fourth-order valence-electron chi connectivity index (χ4n) is 2.91. The van der Waals surface area contributed by atoms with E-state index in [1.165, 1.54) is 42.5 Å². The van der Waals surface area contributed by atoms with Crippen molar-refractivity contribution in [3.63, 3.8) is 0 Å². The minimum absolute atomic E-state index is 0.00703. The Bertz CT molecular complexity index is 1260. The van der Waals surface area contributed by atoms with Gasteiger partial charge in [-0.15, -0.1) is 0 Å². The first-order chi connectivity index (χ1) is 16.0. The van der Waals surface area contributed by atoms with Gasteiger partial charge in [0, 0.05) is 18.2 Å². The average Bonchev–Trinajstić information content (AvgIpc) is 2.80. The standard InChI is InChI=1S/C23H14Cl3F3N2O3/c1-2-20(32)22(12-30,13-3-8-17(24)18(25)9-13)34-16-6-4-15(5-7-16)33-21-19(26)10-14(11-31-21)23(27,28)29/h3-11H,2H2,1H3. The van der Waals surface area contributed by atoms with E-state index in [1.807, 2.05) is 6.07 Å². The molecule has 1 aromatic heterocycles. The van der Waals surface area contributed by atoms with E-state index < -0.39 is 23.1 Å². The molecular formula is C23H14Cl3F3N2O3. The number of carbonyl (C=O) groups excluding carboxylic acids is 1. The van der Waals surface area contributed by atoms with Crippen molar-refractivity contribution in [1.29, 1.82) is 5.26 Å². The second-order valence-electron chi connectivity index (χ2n) is 6.88. The highest BCUT2D eigenvalue weighted by Gasteiger charge is 2.42. The molecule has 34 heavy (non-hydrogen) atoms. The maximum absolute atomic E-state index is 12.8. The van der Waals surface area contributed by atoms with E-state index in [2.05, 4.69) is 4.98 Å².